The molecule has 6 heteroatoms. The summed E-state index contributed by atoms with van der Waals surface area (Å²) in [5.41, 5.74) is 6.81. The molecule has 0 spiro atoms. The number of nitrogens with one attached hydrogen (secondary N) is 1. The molecule has 96 valence electrons. The van der Waals surface area contributed by atoms with Crippen LogP contribution in [0, 0.1) is 0 Å². The van der Waals surface area contributed by atoms with Gasteiger partial charge >= 0.3 is 0 Å². The Kier molecular flexibility index (Phi) is 5.65. The Balaban J connectivity index is 2.50. The van der Waals surface area contributed by atoms with Gasteiger partial charge in [-0.1, -0.05) is 6.92 Å². The summed E-state index contributed by atoms with van der Waals surface area (Å²) in [6.07, 6.45) is 4.15. The van der Waals surface area contributed by atoms with Gasteiger partial charge in [-0.2, -0.15) is 0 Å². The van der Waals surface area contributed by atoms with Gasteiger partial charge in [0, 0.05) is 25.9 Å². The highest BCUT2D eigenvalue weighted by Crippen LogP contribution is 2.12. The minimum Gasteiger partial charge on any atom is -0.383 e. The second-order valence-corrected chi connectivity index (χ2v) is 3.80. The molecule has 0 bridgehead atoms. The van der Waals surface area contributed by atoms with Gasteiger partial charge < -0.3 is 20.4 Å². The van der Waals surface area contributed by atoms with Gasteiger partial charge in [-0.05, 0) is 6.42 Å². The van der Waals surface area contributed by atoms with Crippen molar-refractivity contribution in [2.75, 3.05) is 20.3 Å². The van der Waals surface area contributed by atoms with Crippen LogP contribution in [0.5, 0.6) is 0 Å². The first-order valence-electron chi connectivity index (χ1n) is 5.70. The lowest BCUT2D eigenvalue weighted by Gasteiger charge is -2.12. The number of carbonyl (C=O) groups excluding carboxylic acids is 1. The summed E-state index contributed by atoms with van der Waals surface area (Å²) in [7, 11) is 1.60. The van der Waals surface area contributed by atoms with Crippen LogP contribution in [0.15, 0.2) is 12.5 Å². The number of aromatic nitrogens is 2. The maximum absolute atomic E-state index is 11.6. The SMILES string of the molecule is CC[C@@H](N)c1cncn1CC(=O)NCCOC. The first kappa shape index (κ1) is 13.7. The van der Waals surface area contributed by atoms with E-state index >= 15 is 0 Å². The lowest BCUT2D eigenvalue weighted by Crippen LogP contribution is -2.31. The first-order valence-corrected chi connectivity index (χ1v) is 5.70. The Hall–Kier alpha value is -1.40. The quantitative estimate of drug-likeness (QED) is 0.660. The van der Waals surface area contributed by atoms with Crippen LogP contribution in [0.1, 0.15) is 25.1 Å². The molecule has 1 amide bonds. The summed E-state index contributed by atoms with van der Waals surface area (Å²) in [5.74, 6) is -0.0652. The van der Waals surface area contributed by atoms with Crippen LogP contribution in [-0.2, 0) is 16.1 Å². The lowest BCUT2D eigenvalue weighted by molar-refractivity contribution is -0.121. The number of carbonyl (C=O) groups is 1. The van der Waals surface area contributed by atoms with E-state index in [-0.39, 0.29) is 18.5 Å². The Morgan fingerprint density at radius 3 is 3.12 bits per heavy atom. The fourth-order valence-corrected chi connectivity index (χ4v) is 1.48. The summed E-state index contributed by atoms with van der Waals surface area (Å²) in [6, 6.07) is -0.0794. The zero-order valence-corrected chi connectivity index (χ0v) is 10.3. The Labute approximate surface area is 101 Å². The summed E-state index contributed by atoms with van der Waals surface area (Å²) >= 11 is 0. The second kappa shape index (κ2) is 7.03. The Morgan fingerprint density at radius 2 is 2.47 bits per heavy atom. The van der Waals surface area contributed by atoms with Gasteiger partial charge in [-0.15, -0.1) is 0 Å². The van der Waals surface area contributed by atoms with Crippen molar-refractivity contribution in [2.24, 2.45) is 5.73 Å². The van der Waals surface area contributed by atoms with Gasteiger partial charge in [0.15, 0.2) is 0 Å². The Bertz CT molecular complexity index is 351. The molecular weight excluding hydrogens is 220 g/mol. The highest BCUT2D eigenvalue weighted by molar-refractivity contribution is 5.75. The molecule has 0 aromatic carbocycles. The fourth-order valence-electron chi connectivity index (χ4n) is 1.48. The summed E-state index contributed by atoms with van der Waals surface area (Å²) in [4.78, 5) is 15.6. The number of hydrogen-bond acceptors (Lipinski definition) is 4. The summed E-state index contributed by atoms with van der Waals surface area (Å²) in [6.45, 7) is 3.27. The van der Waals surface area contributed by atoms with Gasteiger partial charge in [0.25, 0.3) is 0 Å². The van der Waals surface area contributed by atoms with Gasteiger partial charge in [0.2, 0.25) is 5.91 Å². The monoisotopic (exact) mass is 240 g/mol. The van der Waals surface area contributed by atoms with Gasteiger partial charge in [0.1, 0.15) is 6.54 Å². The van der Waals surface area contributed by atoms with Crippen molar-refractivity contribution in [2.45, 2.75) is 25.9 Å². The number of methoxy groups -OCH3 is 1. The molecule has 0 radical (unpaired) electrons. The van der Waals surface area contributed by atoms with Crippen molar-refractivity contribution < 1.29 is 9.53 Å². The number of nitrogens with zero attached hydrogens (tertiary/aromatic N) is 2. The molecule has 0 fully saturated rings. The standard InChI is InChI=1S/C11H20N4O2/c1-3-9(12)10-6-13-8-15(10)7-11(16)14-4-5-17-2/h6,8-9H,3-5,7,12H2,1-2H3,(H,14,16)/t9-/m1/s1. The fraction of sp³-hybridized carbons (Fsp3) is 0.636. The van der Waals surface area contributed by atoms with Crippen molar-refractivity contribution in [1.82, 2.24) is 14.9 Å². The highest BCUT2D eigenvalue weighted by atomic mass is 16.5. The largest absolute Gasteiger partial charge is 0.383 e. The third kappa shape index (κ3) is 4.16. The number of nitrogens with two attached hydrogens (primary N) is 1. The molecule has 0 saturated heterocycles. The van der Waals surface area contributed by atoms with Crippen LogP contribution >= 0.6 is 0 Å². The van der Waals surface area contributed by atoms with Gasteiger partial charge in [-0.25, -0.2) is 4.98 Å². The second-order valence-electron chi connectivity index (χ2n) is 3.80. The normalized spacial score (nSPS) is 12.4. The molecule has 0 aliphatic heterocycles. The summed E-state index contributed by atoms with van der Waals surface area (Å²) < 4.78 is 6.63. The van der Waals surface area contributed by atoms with Crippen LogP contribution in [-0.4, -0.2) is 35.7 Å². The van der Waals surface area contributed by atoms with E-state index in [0.717, 1.165) is 12.1 Å². The Morgan fingerprint density at radius 1 is 1.71 bits per heavy atom. The molecule has 0 unspecified atom stereocenters. The van der Waals surface area contributed by atoms with E-state index in [4.69, 9.17) is 10.5 Å². The predicted molar refractivity (Wildman–Crippen MR) is 64.3 cm³/mol. The lowest BCUT2D eigenvalue weighted by atomic mass is 10.2. The number of imidazole rings is 1. The average Bonchev–Trinajstić information content (AvgIpc) is 2.76. The molecule has 1 atom stereocenters. The van der Waals surface area contributed by atoms with Gasteiger partial charge in [-0.3, -0.25) is 4.79 Å². The van der Waals surface area contributed by atoms with E-state index < -0.39 is 0 Å². The predicted octanol–water partition coefficient (Wildman–Crippen LogP) is 0.0555. The van der Waals surface area contributed by atoms with E-state index in [1.165, 1.54) is 0 Å². The molecule has 0 saturated carbocycles. The average molecular weight is 240 g/mol. The number of hydrogen-bond donors (Lipinski definition) is 2. The van der Waals surface area contributed by atoms with E-state index in [0.29, 0.717) is 13.2 Å². The van der Waals surface area contributed by atoms with Crippen molar-refractivity contribution >= 4 is 5.91 Å². The van der Waals surface area contributed by atoms with E-state index in [2.05, 4.69) is 10.3 Å². The van der Waals surface area contributed by atoms with Crippen LogP contribution in [0.4, 0.5) is 0 Å². The molecule has 0 aliphatic carbocycles. The zero-order chi connectivity index (χ0) is 12.7. The van der Waals surface area contributed by atoms with Crippen LogP contribution in [0.25, 0.3) is 0 Å². The molecule has 1 aromatic rings. The first-order chi connectivity index (χ1) is 8.19. The van der Waals surface area contributed by atoms with Crippen molar-refractivity contribution in [3.05, 3.63) is 18.2 Å². The molecule has 1 aromatic heterocycles. The van der Waals surface area contributed by atoms with Crippen LogP contribution in [0.3, 0.4) is 0 Å². The maximum atomic E-state index is 11.6. The number of rotatable bonds is 7. The number of amides is 1. The molecule has 0 aliphatic rings. The van der Waals surface area contributed by atoms with Crippen LogP contribution in [0.2, 0.25) is 0 Å². The van der Waals surface area contributed by atoms with E-state index in [1.807, 2.05) is 6.92 Å². The molecule has 3 N–H and O–H groups in total. The molecule has 1 rings (SSSR count). The smallest absolute Gasteiger partial charge is 0.240 e. The van der Waals surface area contributed by atoms with Crippen molar-refractivity contribution in [1.29, 1.82) is 0 Å². The summed E-state index contributed by atoms with van der Waals surface area (Å²) in [5, 5.41) is 2.75. The third-order valence-corrected chi connectivity index (χ3v) is 2.51. The molecule has 1 heterocycles. The minimum atomic E-state index is -0.0794. The minimum absolute atomic E-state index is 0.0652. The molecule has 17 heavy (non-hydrogen) atoms. The van der Waals surface area contributed by atoms with Crippen LogP contribution < -0.4 is 11.1 Å². The zero-order valence-electron chi connectivity index (χ0n) is 10.3. The van der Waals surface area contributed by atoms with Crippen molar-refractivity contribution in [3.63, 3.8) is 0 Å². The number of ether oxygens (including phenoxy) is 1. The highest BCUT2D eigenvalue weighted by Gasteiger charge is 2.11. The topological polar surface area (TPSA) is 82.2 Å². The molecular formula is C11H20N4O2. The third-order valence-electron chi connectivity index (χ3n) is 2.51. The van der Waals surface area contributed by atoms with E-state index in [9.17, 15) is 4.79 Å². The molecule has 6 nitrogen and oxygen atoms in total. The van der Waals surface area contributed by atoms with E-state index in [1.54, 1.807) is 24.2 Å². The van der Waals surface area contributed by atoms with Crippen molar-refractivity contribution in [3.8, 4) is 0 Å². The van der Waals surface area contributed by atoms with Gasteiger partial charge in [0.05, 0.1) is 18.6 Å². The maximum Gasteiger partial charge on any atom is 0.240 e.